The molecule has 0 aliphatic carbocycles. The van der Waals surface area contributed by atoms with Crippen LogP contribution in [0.2, 0.25) is 0 Å². The zero-order valence-electron chi connectivity index (χ0n) is 14.4. The Morgan fingerprint density at radius 1 is 1.17 bits per heavy atom. The lowest BCUT2D eigenvalue weighted by atomic mass is 9.92. The van der Waals surface area contributed by atoms with Crippen molar-refractivity contribution in [3.05, 3.63) is 0 Å². The molecule has 7 nitrogen and oxygen atoms in total. The van der Waals surface area contributed by atoms with E-state index in [1.54, 1.807) is 6.92 Å². The number of hydrogen-bond donors (Lipinski definition) is 3. The first-order valence-corrected chi connectivity index (χ1v) is 8.11. The van der Waals surface area contributed by atoms with Crippen LogP contribution in [0.15, 0.2) is 0 Å². The quantitative estimate of drug-likeness (QED) is 0.462. The third-order valence-electron chi connectivity index (χ3n) is 3.67. The predicted molar refractivity (Wildman–Crippen MR) is 82.6 cm³/mol. The highest BCUT2D eigenvalue weighted by Crippen LogP contribution is 2.26. The molecule has 0 aromatic carbocycles. The molecular weight excluding hydrogens is 304 g/mol. The Morgan fingerprint density at radius 2 is 1.83 bits per heavy atom. The summed E-state index contributed by atoms with van der Waals surface area (Å²) >= 11 is 0. The summed E-state index contributed by atoms with van der Waals surface area (Å²) in [5.41, 5.74) is -0.477. The van der Waals surface area contributed by atoms with Crippen molar-refractivity contribution in [1.82, 2.24) is 0 Å². The molecule has 0 aromatic rings. The van der Waals surface area contributed by atoms with Crippen LogP contribution in [-0.2, 0) is 19.0 Å². The first-order valence-electron chi connectivity index (χ1n) is 8.11. The van der Waals surface area contributed by atoms with Crippen LogP contribution < -0.4 is 0 Å². The maximum absolute atomic E-state index is 11.6. The second-order valence-electron chi connectivity index (χ2n) is 6.98. The Balaban J connectivity index is 2.26. The number of carbonyl (C=O) groups excluding carboxylic acids is 1. The van der Waals surface area contributed by atoms with E-state index in [2.05, 4.69) is 0 Å². The molecule has 1 aliphatic heterocycles. The van der Waals surface area contributed by atoms with E-state index in [0.717, 1.165) is 0 Å². The number of unbranched alkanes of at least 4 members (excludes halogenated alkanes) is 1. The molecule has 1 rings (SSSR count). The van der Waals surface area contributed by atoms with Gasteiger partial charge in [-0.15, -0.1) is 0 Å². The smallest absolute Gasteiger partial charge is 0.306 e. The molecule has 0 radical (unpaired) electrons. The highest BCUT2D eigenvalue weighted by Gasteiger charge is 2.42. The average Bonchev–Trinajstić information content (AvgIpc) is 2.44. The number of carbonyl (C=O) groups is 1. The minimum Gasteiger partial charge on any atom is -0.460 e. The largest absolute Gasteiger partial charge is 0.460 e. The molecule has 0 bridgehead atoms. The molecule has 1 heterocycles. The van der Waals surface area contributed by atoms with E-state index in [1.807, 2.05) is 20.8 Å². The van der Waals surface area contributed by atoms with Gasteiger partial charge in [0.1, 0.15) is 17.8 Å². The number of rotatable bonds is 7. The maximum Gasteiger partial charge on any atom is 0.306 e. The van der Waals surface area contributed by atoms with Crippen LogP contribution in [0.1, 0.15) is 47.0 Å². The summed E-state index contributed by atoms with van der Waals surface area (Å²) in [6.45, 7) is 7.17. The van der Waals surface area contributed by atoms with Gasteiger partial charge in [-0.1, -0.05) is 6.92 Å². The summed E-state index contributed by atoms with van der Waals surface area (Å²) < 4.78 is 16.2. The zero-order chi connectivity index (χ0) is 17.6. The molecule has 7 heteroatoms. The van der Waals surface area contributed by atoms with E-state index >= 15 is 0 Å². The van der Waals surface area contributed by atoms with Crippen molar-refractivity contribution in [3.8, 4) is 0 Å². The molecule has 5 atom stereocenters. The first-order chi connectivity index (χ1) is 10.7. The topological polar surface area (TPSA) is 105 Å². The van der Waals surface area contributed by atoms with Gasteiger partial charge in [0.05, 0.1) is 12.7 Å². The van der Waals surface area contributed by atoms with Gasteiger partial charge < -0.3 is 29.5 Å². The highest BCUT2D eigenvalue weighted by atomic mass is 16.7. The molecular formula is C16H30O7. The number of esters is 1. The van der Waals surface area contributed by atoms with E-state index in [0.29, 0.717) is 25.9 Å². The minimum absolute atomic E-state index is 0.237. The Bertz CT molecular complexity index is 364. The fourth-order valence-corrected chi connectivity index (χ4v) is 2.37. The average molecular weight is 334 g/mol. The fourth-order valence-electron chi connectivity index (χ4n) is 2.37. The molecule has 1 saturated heterocycles. The Labute approximate surface area is 137 Å². The molecule has 1 aliphatic rings. The Hall–Kier alpha value is -0.730. The van der Waals surface area contributed by atoms with Crippen LogP contribution in [0, 0.1) is 5.92 Å². The van der Waals surface area contributed by atoms with E-state index in [4.69, 9.17) is 19.3 Å². The van der Waals surface area contributed by atoms with Gasteiger partial charge in [0.25, 0.3) is 0 Å². The predicted octanol–water partition coefficient (Wildman–Crippen LogP) is 0.590. The van der Waals surface area contributed by atoms with Crippen LogP contribution in [0.25, 0.3) is 0 Å². The number of aliphatic hydroxyl groups is 3. The summed E-state index contributed by atoms with van der Waals surface area (Å²) in [5, 5.41) is 28.8. The summed E-state index contributed by atoms with van der Waals surface area (Å²) in [4.78, 5) is 11.6. The lowest BCUT2D eigenvalue weighted by molar-refractivity contribution is -0.282. The Kier molecular flexibility index (Phi) is 7.89. The SMILES string of the molecule is CC1C(OCCCCC(=O)OC(C)(C)C)OC(CO)C(O)C1O. The van der Waals surface area contributed by atoms with Gasteiger partial charge in [0, 0.05) is 18.9 Å². The van der Waals surface area contributed by atoms with Crippen molar-refractivity contribution < 1.29 is 34.3 Å². The maximum atomic E-state index is 11.6. The summed E-state index contributed by atoms with van der Waals surface area (Å²) in [6, 6.07) is 0. The summed E-state index contributed by atoms with van der Waals surface area (Å²) in [5.74, 6) is -0.641. The van der Waals surface area contributed by atoms with Gasteiger partial charge in [-0.3, -0.25) is 4.79 Å². The van der Waals surface area contributed by atoms with Crippen molar-refractivity contribution in [3.63, 3.8) is 0 Å². The van der Waals surface area contributed by atoms with Gasteiger partial charge in [-0.2, -0.15) is 0 Å². The minimum atomic E-state index is -1.12. The zero-order valence-corrected chi connectivity index (χ0v) is 14.4. The second kappa shape index (κ2) is 8.94. The molecule has 5 unspecified atom stereocenters. The van der Waals surface area contributed by atoms with Crippen LogP contribution in [0.5, 0.6) is 0 Å². The highest BCUT2D eigenvalue weighted by molar-refractivity contribution is 5.69. The van der Waals surface area contributed by atoms with E-state index < -0.39 is 36.1 Å². The van der Waals surface area contributed by atoms with Gasteiger partial charge in [-0.25, -0.2) is 0 Å². The number of ether oxygens (including phenoxy) is 3. The molecule has 136 valence electrons. The monoisotopic (exact) mass is 334 g/mol. The molecule has 0 amide bonds. The van der Waals surface area contributed by atoms with E-state index in [-0.39, 0.29) is 12.6 Å². The third-order valence-corrected chi connectivity index (χ3v) is 3.67. The first kappa shape index (κ1) is 20.3. The van der Waals surface area contributed by atoms with Crippen molar-refractivity contribution >= 4 is 5.97 Å². The second-order valence-corrected chi connectivity index (χ2v) is 6.98. The van der Waals surface area contributed by atoms with E-state index in [1.165, 1.54) is 0 Å². The van der Waals surface area contributed by atoms with Crippen LogP contribution >= 0.6 is 0 Å². The van der Waals surface area contributed by atoms with Gasteiger partial charge >= 0.3 is 5.97 Å². The lowest BCUT2D eigenvalue weighted by Gasteiger charge is -2.40. The van der Waals surface area contributed by atoms with E-state index in [9.17, 15) is 15.0 Å². The van der Waals surface area contributed by atoms with Gasteiger partial charge in [0.15, 0.2) is 6.29 Å². The van der Waals surface area contributed by atoms with Crippen LogP contribution in [0.4, 0.5) is 0 Å². The van der Waals surface area contributed by atoms with Crippen molar-refractivity contribution in [2.45, 2.75) is 77.2 Å². The normalized spacial score (nSPS) is 31.9. The van der Waals surface area contributed by atoms with Crippen molar-refractivity contribution in [2.24, 2.45) is 5.92 Å². The molecule has 1 fully saturated rings. The number of hydrogen-bond acceptors (Lipinski definition) is 7. The standard InChI is InChI=1S/C16H30O7/c1-10-13(19)14(20)11(9-17)22-15(10)21-8-6-5-7-12(18)23-16(2,3)4/h10-11,13-15,17,19-20H,5-9H2,1-4H3. The molecule has 0 saturated carbocycles. The van der Waals surface area contributed by atoms with Crippen molar-refractivity contribution in [1.29, 1.82) is 0 Å². The molecule has 3 N–H and O–H groups in total. The summed E-state index contributed by atoms with van der Waals surface area (Å²) in [7, 11) is 0. The molecule has 23 heavy (non-hydrogen) atoms. The van der Waals surface area contributed by atoms with Crippen LogP contribution in [-0.4, -0.2) is 64.7 Å². The Morgan fingerprint density at radius 3 is 2.39 bits per heavy atom. The molecule has 0 spiro atoms. The molecule has 0 aromatic heterocycles. The van der Waals surface area contributed by atoms with Crippen LogP contribution in [0.3, 0.4) is 0 Å². The van der Waals surface area contributed by atoms with Gasteiger partial charge in [0.2, 0.25) is 0 Å². The van der Waals surface area contributed by atoms with Gasteiger partial charge in [-0.05, 0) is 33.6 Å². The lowest BCUT2D eigenvalue weighted by Crippen LogP contribution is -2.55. The fraction of sp³-hybridized carbons (Fsp3) is 0.938. The van der Waals surface area contributed by atoms with Crippen molar-refractivity contribution in [2.75, 3.05) is 13.2 Å². The number of aliphatic hydroxyl groups excluding tert-OH is 3. The summed E-state index contributed by atoms with van der Waals surface area (Å²) in [6.07, 6.45) is -2.07. The third kappa shape index (κ3) is 6.73.